The summed E-state index contributed by atoms with van der Waals surface area (Å²) < 4.78 is 5.57. The van der Waals surface area contributed by atoms with Crippen molar-refractivity contribution in [1.82, 2.24) is 4.90 Å². The lowest BCUT2D eigenvalue weighted by Crippen LogP contribution is -2.56. The fourth-order valence-electron chi connectivity index (χ4n) is 3.96. The van der Waals surface area contributed by atoms with Crippen molar-refractivity contribution in [1.29, 1.82) is 5.26 Å². The van der Waals surface area contributed by atoms with E-state index in [4.69, 9.17) is 10.00 Å². The number of unbranched alkanes of at least 4 members (excludes halogenated alkanes) is 2. The average molecular weight is 334 g/mol. The Morgan fingerprint density at radius 3 is 2.33 bits per heavy atom. The van der Waals surface area contributed by atoms with Gasteiger partial charge in [0.25, 0.3) is 0 Å². The van der Waals surface area contributed by atoms with E-state index in [0.717, 1.165) is 44.9 Å². The lowest BCUT2D eigenvalue weighted by Gasteiger charge is -2.48. The number of carbonyl (C=O) groups excluding carboxylic acids is 2. The number of hydrogen-bond donors (Lipinski definition) is 0. The number of hydrogen-bond acceptors (Lipinski definition) is 4. The van der Waals surface area contributed by atoms with E-state index in [-0.39, 0.29) is 24.1 Å². The van der Waals surface area contributed by atoms with Crippen molar-refractivity contribution in [3.63, 3.8) is 0 Å². The SMILES string of the molecule is CC(C)(C)OC(=O)N1C2CCCC1CC(C(=O)CCCCC#N)C2. The highest BCUT2D eigenvalue weighted by Gasteiger charge is 2.43. The van der Waals surface area contributed by atoms with Gasteiger partial charge < -0.3 is 9.64 Å². The van der Waals surface area contributed by atoms with Gasteiger partial charge in [0, 0.05) is 30.8 Å². The Hall–Kier alpha value is -1.57. The summed E-state index contributed by atoms with van der Waals surface area (Å²) in [6.07, 6.45) is 7.06. The van der Waals surface area contributed by atoms with Gasteiger partial charge in [0.2, 0.25) is 0 Å². The summed E-state index contributed by atoms with van der Waals surface area (Å²) >= 11 is 0. The minimum atomic E-state index is -0.487. The van der Waals surface area contributed by atoms with Gasteiger partial charge in [-0.3, -0.25) is 4.79 Å². The number of Topliss-reactive ketones (excluding diaryl/α,β-unsaturated/α-hetero) is 1. The topological polar surface area (TPSA) is 70.4 Å². The molecule has 2 heterocycles. The number of amides is 1. The third kappa shape index (κ3) is 4.96. The number of ketones is 1. The van der Waals surface area contributed by atoms with Crippen LogP contribution in [0.1, 0.15) is 78.6 Å². The van der Waals surface area contributed by atoms with E-state index in [1.807, 2.05) is 25.7 Å². The van der Waals surface area contributed by atoms with E-state index in [1.54, 1.807) is 0 Å². The summed E-state index contributed by atoms with van der Waals surface area (Å²) in [6, 6.07) is 2.40. The number of carbonyl (C=O) groups is 2. The van der Waals surface area contributed by atoms with Crippen molar-refractivity contribution in [2.75, 3.05) is 0 Å². The molecular formula is C19H30N2O3. The molecule has 1 amide bonds. The van der Waals surface area contributed by atoms with Gasteiger partial charge in [-0.2, -0.15) is 5.26 Å². The zero-order chi connectivity index (χ0) is 17.7. The average Bonchev–Trinajstić information content (AvgIpc) is 2.48. The lowest BCUT2D eigenvalue weighted by atomic mass is 9.76. The Morgan fingerprint density at radius 1 is 1.17 bits per heavy atom. The molecule has 2 atom stereocenters. The molecular weight excluding hydrogens is 304 g/mol. The summed E-state index contributed by atoms with van der Waals surface area (Å²) in [4.78, 5) is 26.9. The van der Waals surface area contributed by atoms with Gasteiger partial charge in [-0.1, -0.05) is 0 Å². The van der Waals surface area contributed by atoms with Crippen LogP contribution in [0.15, 0.2) is 0 Å². The Kier molecular flexibility index (Phi) is 6.26. The molecule has 2 aliphatic heterocycles. The molecule has 0 spiro atoms. The fourth-order valence-corrected chi connectivity index (χ4v) is 3.96. The van der Waals surface area contributed by atoms with Crippen LogP contribution in [0.4, 0.5) is 4.79 Å². The second-order valence-electron chi connectivity index (χ2n) is 8.13. The first-order chi connectivity index (χ1) is 11.3. The highest BCUT2D eigenvalue weighted by atomic mass is 16.6. The van der Waals surface area contributed by atoms with Crippen molar-refractivity contribution in [3.05, 3.63) is 0 Å². The summed E-state index contributed by atoms with van der Waals surface area (Å²) in [5, 5.41) is 8.57. The van der Waals surface area contributed by atoms with Crippen molar-refractivity contribution >= 4 is 11.9 Å². The first kappa shape index (κ1) is 18.8. The van der Waals surface area contributed by atoms with Crippen molar-refractivity contribution < 1.29 is 14.3 Å². The molecule has 0 aliphatic carbocycles. The maximum absolute atomic E-state index is 12.5. The molecule has 0 aromatic heterocycles. The van der Waals surface area contributed by atoms with E-state index in [2.05, 4.69) is 6.07 Å². The molecule has 0 radical (unpaired) electrons. The molecule has 0 saturated carbocycles. The third-order valence-corrected chi connectivity index (χ3v) is 5.00. The molecule has 2 rings (SSSR count). The number of nitrogens with zero attached hydrogens (tertiary/aromatic N) is 2. The lowest BCUT2D eigenvalue weighted by molar-refractivity contribution is -0.127. The van der Waals surface area contributed by atoms with E-state index >= 15 is 0 Å². The summed E-state index contributed by atoms with van der Waals surface area (Å²) in [5.41, 5.74) is -0.487. The standard InChI is InChI=1S/C19H30N2O3/c1-19(2,3)24-18(23)21-15-8-7-9-16(21)13-14(12-15)17(22)10-5-4-6-11-20/h14-16H,4-10,12-13H2,1-3H3. The first-order valence-corrected chi connectivity index (χ1v) is 9.23. The molecule has 2 aliphatic rings. The molecule has 2 bridgehead atoms. The van der Waals surface area contributed by atoms with Gasteiger partial charge in [-0.05, 0) is 65.7 Å². The monoisotopic (exact) mass is 334 g/mol. The smallest absolute Gasteiger partial charge is 0.410 e. The molecule has 2 fully saturated rings. The second kappa shape index (κ2) is 8.00. The minimum absolute atomic E-state index is 0.0704. The zero-order valence-corrected chi connectivity index (χ0v) is 15.2. The Labute approximate surface area is 145 Å². The third-order valence-electron chi connectivity index (χ3n) is 5.00. The number of ether oxygens (including phenoxy) is 1. The van der Waals surface area contributed by atoms with Crippen LogP contribution in [-0.2, 0) is 9.53 Å². The van der Waals surface area contributed by atoms with Gasteiger partial charge in [-0.25, -0.2) is 4.79 Å². The number of nitriles is 1. The highest BCUT2D eigenvalue weighted by Crippen LogP contribution is 2.38. The first-order valence-electron chi connectivity index (χ1n) is 9.23. The minimum Gasteiger partial charge on any atom is -0.444 e. The maximum atomic E-state index is 12.5. The van der Waals surface area contributed by atoms with Crippen molar-refractivity contribution in [2.24, 2.45) is 5.92 Å². The Bertz CT molecular complexity index is 490. The van der Waals surface area contributed by atoms with Crippen LogP contribution in [0.25, 0.3) is 0 Å². The number of fused-ring (bicyclic) bond motifs is 2. The molecule has 0 aromatic carbocycles. The van der Waals surface area contributed by atoms with Gasteiger partial charge in [-0.15, -0.1) is 0 Å². The predicted molar refractivity (Wildman–Crippen MR) is 91.3 cm³/mol. The quantitative estimate of drug-likeness (QED) is 0.706. The van der Waals surface area contributed by atoms with Crippen LogP contribution in [0.3, 0.4) is 0 Å². The Morgan fingerprint density at radius 2 is 1.79 bits per heavy atom. The Balaban J connectivity index is 1.94. The van der Waals surface area contributed by atoms with Crippen LogP contribution in [0.5, 0.6) is 0 Å². The van der Waals surface area contributed by atoms with Crippen LogP contribution < -0.4 is 0 Å². The van der Waals surface area contributed by atoms with Gasteiger partial charge in [0.1, 0.15) is 11.4 Å². The van der Waals surface area contributed by atoms with E-state index in [9.17, 15) is 9.59 Å². The normalized spacial score (nSPS) is 26.6. The van der Waals surface area contributed by atoms with Gasteiger partial charge >= 0.3 is 6.09 Å². The van der Waals surface area contributed by atoms with Crippen LogP contribution >= 0.6 is 0 Å². The van der Waals surface area contributed by atoms with E-state index in [0.29, 0.717) is 18.6 Å². The summed E-state index contributed by atoms with van der Waals surface area (Å²) in [7, 11) is 0. The molecule has 2 unspecified atom stereocenters. The summed E-state index contributed by atoms with van der Waals surface area (Å²) in [5.74, 6) is 0.384. The molecule has 134 valence electrons. The maximum Gasteiger partial charge on any atom is 0.410 e. The van der Waals surface area contributed by atoms with E-state index in [1.165, 1.54) is 0 Å². The molecule has 0 N–H and O–H groups in total. The largest absolute Gasteiger partial charge is 0.444 e. The van der Waals surface area contributed by atoms with Gasteiger partial charge in [0.05, 0.1) is 6.07 Å². The summed E-state index contributed by atoms with van der Waals surface area (Å²) in [6.45, 7) is 5.66. The molecule has 24 heavy (non-hydrogen) atoms. The van der Waals surface area contributed by atoms with Crippen molar-refractivity contribution in [3.8, 4) is 6.07 Å². The molecule has 0 aromatic rings. The molecule has 5 heteroatoms. The van der Waals surface area contributed by atoms with Crippen LogP contribution in [0.2, 0.25) is 0 Å². The highest BCUT2D eigenvalue weighted by molar-refractivity contribution is 5.81. The van der Waals surface area contributed by atoms with Crippen LogP contribution in [0, 0.1) is 17.2 Å². The zero-order valence-electron chi connectivity index (χ0n) is 15.2. The molecule has 5 nitrogen and oxygen atoms in total. The molecule has 2 saturated heterocycles. The second-order valence-corrected chi connectivity index (χ2v) is 8.13. The van der Waals surface area contributed by atoms with Crippen LogP contribution in [-0.4, -0.2) is 34.5 Å². The van der Waals surface area contributed by atoms with E-state index < -0.39 is 5.60 Å². The van der Waals surface area contributed by atoms with Crippen molar-refractivity contribution in [2.45, 2.75) is 96.2 Å². The predicted octanol–water partition coefficient (Wildman–Crippen LogP) is 4.21. The number of piperidine rings is 2. The van der Waals surface area contributed by atoms with Gasteiger partial charge in [0.15, 0.2) is 0 Å². The number of rotatable bonds is 5. The fraction of sp³-hybridized carbons (Fsp3) is 0.842.